The Hall–Kier alpha value is -3.18. The fourth-order valence-electron chi connectivity index (χ4n) is 8.74. The third-order valence-electron chi connectivity index (χ3n) is 11.0. The largest absolute Gasteiger partial charge is 0.444 e. The molecule has 8 heteroatoms. The number of carbonyl (C=O) groups is 1. The maximum absolute atomic E-state index is 15.4. The molecule has 0 spiro atoms. The Kier molecular flexibility index (Phi) is 8.17. The smallest absolute Gasteiger partial charge is 0.407 e. The first-order valence-corrected chi connectivity index (χ1v) is 16.5. The zero-order valence-corrected chi connectivity index (χ0v) is 26.9. The van der Waals surface area contributed by atoms with E-state index in [1.165, 1.54) is 35.1 Å². The highest BCUT2D eigenvalue weighted by Gasteiger charge is 2.71. The third kappa shape index (κ3) is 5.82. The second kappa shape index (κ2) is 11.6. The molecule has 0 heterocycles. The first-order valence-electron chi connectivity index (χ1n) is 16.5. The Morgan fingerprint density at radius 3 is 2.49 bits per heavy atom. The summed E-state index contributed by atoms with van der Waals surface area (Å²) in [4.78, 5) is 17.4. The van der Waals surface area contributed by atoms with Gasteiger partial charge in [0.15, 0.2) is 0 Å². The fourth-order valence-corrected chi connectivity index (χ4v) is 8.74. The number of aliphatic hydroxyl groups is 1. The molecule has 3 fully saturated rings. The number of ether oxygens (including phenoxy) is 1. The summed E-state index contributed by atoms with van der Waals surface area (Å²) in [5.41, 5.74) is 3.46. The monoisotopic (exact) mass is 620 g/mol. The van der Waals surface area contributed by atoms with E-state index in [1.807, 2.05) is 27.7 Å². The van der Waals surface area contributed by atoms with Crippen LogP contribution in [-0.4, -0.2) is 47.2 Å². The Balaban J connectivity index is 1.27. The van der Waals surface area contributed by atoms with Gasteiger partial charge in [-0.2, -0.15) is 8.78 Å². The van der Waals surface area contributed by atoms with E-state index in [0.29, 0.717) is 25.2 Å². The SMILES string of the molecule is C#CC(F)(F)[C@]1(O)CC[C@H]2[C@@H]3CCC4=C/C(=N/OCCNC(=O)OC(C)(C)C)CCC4=C3[C@H](c3ccc(C4CC4)cc3)C[C@@]21C. The first-order chi connectivity index (χ1) is 21.3. The van der Waals surface area contributed by atoms with Crippen molar-refractivity contribution in [3.8, 4) is 12.3 Å². The Morgan fingerprint density at radius 1 is 1.11 bits per heavy atom. The fraction of sp³-hybridized carbons (Fsp3) is 0.622. The number of allylic oxidation sites excluding steroid dienone is 4. The molecule has 6 rings (SSSR count). The summed E-state index contributed by atoms with van der Waals surface area (Å²) in [6.07, 6.45) is 13.6. The van der Waals surface area contributed by atoms with Crippen molar-refractivity contribution in [2.75, 3.05) is 13.2 Å². The predicted octanol–water partition coefficient (Wildman–Crippen LogP) is 7.79. The Morgan fingerprint density at radius 2 is 1.82 bits per heavy atom. The number of rotatable bonds is 7. The van der Waals surface area contributed by atoms with Gasteiger partial charge in [0.25, 0.3) is 0 Å². The second-order valence-electron chi connectivity index (χ2n) is 14.9. The summed E-state index contributed by atoms with van der Waals surface area (Å²) in [5, 5.41) is 18.8. The molecule has 45 heavy (non-hydrogen) atoms. The number of hydrogen-bond acceptors (Lipinski definition) is 5. The molecule has 0 unspecified atom stereocenters. The molecule has 0 aromatic heterocycles. The lowest BCUT2D eigenvalue weighted by atomic mass is 9.50. The minimum atomic E-state index is -3.60. The van der Waals surface area contributed by atoms with Gasteiger partial charge in [0.05, 0.1) is 12.3 Å². The summed E-state index contributed by atoms with van der Waals surface area (Å²) in [6, 6.07) is 8.79. The van der Waals surface area contributed by atoms with Crippen LogP contribution >= 0.6 is 0 Å². The molecule has 1 aromatic carbocycles. The predicted molar refractivity (Wildman–Crippen MR) is 170 cm³/mol. The number of amides is 1. The molecule has 0 bridgehead atoms. The van der Waals surface area contributed by atoms with Gasteiger partial charge in [0.1, 0.15) is 17.8 Å². The molecule has 5 atom stereocenters. The van der Waals surface area contributed by atoms with Crippen LogP contribution in [0, 0.1) is 29.6 Å². The maximum Gasteiger partial charge on any atom is 0.407 e. The number of terminal acetylenes is 1. The highest BCUT2D eigenvalue weighted by atomic mass is 19.3. The molecule has 1 amide bonds. The van der Waals surface area contributed by atoms with Crippen LogP contribution in [0.15, 0.2) is 52.2 Å². The van der Waals surface area contributed by atoms with E-state index in [1.54, 1.807) is 5.92 Å². The number of alkyl halides is 2. The quantitative estimate of drug-likeness (QED) is 0.185. The van der Waals surface area contributed by atoms with Crippen LogP contribution in [0.3, 0.4) is 0 Å². The van der Waals surface area contributed by atoms with E-state index in [9.17, 15) is 9.90 Å². The van der Waals surface area contributed by atoms with Gasteiger partial charge in [0.2, 0.25) is 0 Å². The van der Waals surface area contributed by atoms with E-state index in [4.69, 9.17) is 16.0 Å². The van der Waals surface area contributed by atoms with E-state index >= 15 is 8.78 Å². The molecule has 0 saturated heterocycles. The van der Waals surface area contributed by atoms with Crippen LogP contribution in [0.4, 0.5) is 13.6 Å². The van der Waals surface area contributed by atoms with Crippen molar-refractivity contribution in [2.24, 2.45) is 22.4 Å². The number of halogens is 2. The number of fused-ring (bicyclic) bond motifs is 4. The number of oxime groups is 1. The standard InChI is InChI=1S/C37H46F2N2O4/c1-6-37(38,39)36(43)18-17-31-29-15-13-26-21-27(41-44-20-19-40-33(42)45-34(2,3)4)14-16-28(26)32(29)30(22-35(31,36)5)25-11-9-24(10-12-25)23-7-8-23/h1,9-12,21,23,29-31,43H,7-8,13-20,22H2,2-5H3,(H,40,42)/b41-27+/t29-,30-,31-,35-,36-/m0/s1. The summed E-state index contributed by atoms with van der Waals surface area (Å²) >= 11 is 0. The molecule has 3 saturated carbocycles. The van der Waals surface area contributed by atoms with Crippen LogP contribution in [0.2, 0.25) is 0 Å². The van der Waals surface area contributed by atoms with Crippen LogP contribution in [0.5, 0.6) is 0 Å². The van der Waals surface area contributed by atoms with Crippen LogP contribution < -0.4 is 5.32 Å². The maximum atomic E-state index is 15.4. The number of hydrogen-bond donors (Lipinski definition) is 2. The zero-order chi connectivity index (χ0) is 32.2. The summed E-state index contributed by atoms with van der Waals surface area (Å²) in [6.45, 7) is 7.82. The Labute approximate surface area is 265 Å². The number of nitrogens with zero attached hydrogens (tertiary/aromatic N) is 1. The normalized spacial score (nSPS) is 32.2. The van der Waals surface area contributed by atoms with E-state index in [2.05, 4.69) is 40.8 Å². The number of alkyl carbamates (subject to hydrolysis) is 1. The van der Waals surface area contributed by atoms with Crippen LogP contribution in [-0.2, 0) is 9.57 Å². The lowest BCUT2D eigenvalue weighted by Crippen LogP contribution is -2.60. The highest BCUT2D eigenvalue weighted by molar-refractivity contribution is 5.97. The van der Waals surface area contributed by atoms with Crippen molar-refractivity contribution < 1.29 is 28.3 Å². The topological polar surface area (TPSA) is 80.2 Å². The van der Waals surface area contributed by atoms with Crippen molar-refractivity contribution >= 4 is 11.8 Å². The average Bonchev–Trinajstić information content (AvgIpc) is 3.80. The average molecular weight is 621 g/mol. The Bertz CT molecular complexity index is 1460. The number of benzene rings is 1. The zero-order valence-electron chi connectivity index (χ0n) is 26.9. The van der Waals surface area contributed by atoms with Crippen molar-refractivity contribution in [3.05, 3.63) is 58.2 Å². The van der Waals surface area contributed by atoms with Gasteiger partial charge in [-0.05, 0) is 131 Å². The van der Waals surface area contributed by atoms with Gasteiger partial charge in [-0.15, -0.1) is 6.42 Å². The van der Waals surface area contributed by atoms with Crippen molar-refractivity contribution in [1.29, 1.82) is 0 Å². The third-order valence-corrected chi connectivity index (χ3v) is 11.0. The molecule has 1 aromatic rings. The number of nitrogens with one attached hydrogen (secondary N) is 1. The van der Waals surface area contributed by atoms with Gasteiger partial charge >= 0.3 is 12.0 Å². The van der Waals surface area contributed by atoms with Crippen molar-refractivity contribution in [3.63, 3.8) is 0 Å². The van der Waals surface area contributed by atoms with Gasteiger partial charge in [-0.25, -0.2) is 4.79 Å². The van der Waals surface area contributed by atoms with Crippen LogP contribution in [0.25, 0.3) is 0 Å². The minimum absolute atomic E-state index is 0.0114. The molecular weight excluding hydrogens is 574 g/mol. The molecule has 242 valence electrons. The summed E-state index contributed by atoms with van der Waals surface area (Å²) < 4.78 is 36.0. The van der Waals surface area contributed by atoms with Crippen molar-refractivity contribution in [2.45, 2.75) is 114 Å². The molecule has 0 aliphatic heterocycles. The summed E-state index contributed by atoms with van der Waals surface area (Å²) in [7, 11) is 0. The molecule has 5 aliphatic rings. The molecule has 6 nitrogen and oxygen atoms in total. The van der Waals surface area contributed by atoms with Crippen LogP contribution in [0.1, 0.15) is 108 Å². The van der Waals surface area contributed by atoms with E-state index in [-0.39, 0.29) is 37.3 Å². The van der Waals surface area contributed by atoms with E-state index in [0.717, 1.165) is 30.5 Å². The second-order valence-corrected chi connectivity index (χ2v) is 14.9. The minimum Gasteiger partial charge on any atom is -0.444 e. The lowest BCUT2D eigenvalue weighted by Gasteiger charge is -2.55. The van der Waals surface area contributed by atoms with Crippen molar-refractivity contribution in [1.82, 2.24) is 5.32 Å². The summed E-state index contributed by atoms with van der Waals surface area (Å²) in [5.74, 6) is -1.33. The highest BCUT2D eigenvalue weighted by Crippen LogP contribution is 2.69. The molecule has 2 N–H and O–H groups in total. The van der Waals surface area contributed by atoms with Gasteiger partial charge in [-0.1, -0.05) is 41.9 Å². The number of carbonyl (C=O) groups excluding carboxylic acids is 1. The van der Waals surface area contributed by atoms with Gasteiger partial charge in [-0.3, -0.25) is 0 Å². The van der Waals surface area contributed by atoms with E-state index < -0.39 is 28.6 Å². The van der Waals surface area contributed by atoms with Gasteiger partial charge in [0, 0.05) is 11.3 Å². The molecule has 5 aliphatic carbocycles. The molecular formula is C37H46F2N2O4. The first kappa shape index (κ1) is 31.8. The van der Waals surface area contributed by atoms with Gasteiger partial charge < -0.3 is 20.0 Å². The lowest BCUT2D eigenvalue weighted by molar-refractivity contribution is -0.209. The molecule has 0 radical (unpaired) electrons.